The van der Waals surface area contributed by atoms with Crippen molar-refractivity contribution in [2.45, 2.75) is 51.0 Å². The molecule has 1 aromatic carbocycles. The zero-order valence-electron chi connectivity index (χ0n) is 13.8. The molecule has 1 aromatic rings. The van der Waals surface area contributed by atoms with Crippen LogP contribution in [0.3, 0.4) is 0 Å². The van der Waals surface area contributed by atoms with Gasteiger partial charge in [0.1, 0.15) is 0 Å². The molecular weight excluding hydrogens is 292 g/mol. The van der Waals surface area contributed by atoms with E-state index in [1.54, 1.807) is 12.1 Å². The second-order valence-corrected chi connectivity index (χ2v) is 7.92. The minimum Gasteiger partial charge on any atom is -0.502 e. The van der Waals surface area contributed by atoms with Gasteiger partial charge in [0.15, 0.2) is 5.75 Å². The molecule has 1 N–H and O–H groups in total. The van der Waals surface area contributed by atoms with Gasteiger partial charge >= 0.3 is 5.69 Å². The molecule has 0 radical (unpaired) electrons. The number of hydrogen-bond donors (Lipinski definition) is 1. The maximum Gasteiger partial charge on any atom is 0.310 e. The first-order valence-electron chi connectivity index (χ1n) is 8.65. The number of fused-ring (bicyclic) bond motifs is 4. The number of rotatable bonds is 3. The van der Waals surface area contributed by atoms with Crippen molar-refractivity contribution in [1.82, 2.24) is 4.90 Å². The van der Waals surface area contributed by atoms with Gasteiger partial charge < -0.3 is 5.11 Å². The molecule has 0 amide bonds. The Morgan fingerprint density at radius 3 is 2.83 bits per heavy atom. The molecule has 1 aliphatic heterocycles. The lowest BCUT2D eigenvalue weighted by Crippen LogP contribution is -2.58. The summed E-state index contributed by atoms with van der Waals surface area (Å²) in [5, 5.41) is 21.2. The van der Waals surface area contributed by atoms with Gasteiger partial charge in [0.05, 0.1) is 4.92 Å². The van der Waals surface area contributed by atoms with Crippen molar-refractivity contribution in [2.75, 3.05) is 13.1 Å². The fourth-order valence-corrected chi connectivity index (χ4v) is 4.75. The molecule has 1 unspecified atom stereocenters. The van der Waals surface area contributed by atoms with Gasteiger partial charge in [-0.15, -0.1) is 0 Å². The largest absolute Gasteiger partial charge is 0.502 e. The van der Waals surface area contributed by atoms with E-state index in [0.717, 1.165) is 36.4 Å². The van der Waals surface area contributed by atoms with E-state index in [9.17, 15) is 15.2 Å². The van der Waals surface area contributed by atoms with Gasteiger partial charge in [-0.1, -0.05) is 13.8 Å². The van der Waals surface area contributed by atoms with Crippen LogP contribution in [0.25, 0.3) is 0 Å². The molecule has 23 heavy (non-hydrogen) atoms. The average molecular weight is 316 g/mol. The molecule has 2 fully saturated rings. The minimum atomic E-state index is -0.478. The number of phenols is 1. The van der Waals surface area contributed by atoms with E-state index in [0.29, 0.717) is 12.0 Å². The summed E-state index contributed by atoms with van der Waals surface area (Å²) in [6.07, 6.45) is 4.62. The average Bonchev–Trinajstić information content (AvgIpc) is 3.30. The van der Waals surface area contributed by atoms with E-state index in [1.165, 1.54) is 19.4 Å². The van der Waals surface area contributed by atoms with Crippen molar-refractivity contribution >= 4 is 5.69 Å². The number of piperidine rings is 1. The molecule has 3 atom stereocenters. The van der Waals surface area contributed by atoms with Crippen LogP contribution < -0.4 is 0 Å². The molecule has 1 saturated carbocycles. The summed E-state index contributed by atoms with van der Waals surface area (Å²) >= 11 is 0. The second kappa shape index (κ2) is 4.94. The van der Waals surface area contributed by atoms with Crippen LogP contribution in [0.2, 0.25) is 0 Å². The van der Waals surface area contributed by atoms with Crippen molar-refractivity contribution < 1.29 is 10.0 Å². The number of benzene rings is 1. The van der Waals surface area contributed by atoms with Crippen LogP contribution in [-0.2, 0) is 11.8 Å². The van der Waals surface area contributed by atoms with Crippen LogP contribution >= 0.6 is 0 Å². The predicted molar refractivity (Wildman–Crippen MR) is 87.7 cm³/mol. The molecule has 5 heteroatoms. The lowest BCUT2D eigenvalue weighted by atomic mass is 9.59. The number of nitrogens with zero attached hydrogens (tertiary/aromatic N) is 2. The Balaban J connectivity index is 1.75. The Morgan fingerprint density at radius 1 is 1.43 bits per heavy atom. The first-order valence-corrected chi connectivity index (χ1v) is 8.65. The van der Waals surface area contributed by atoms with Gasteiger partial charge in [0, 0.05) is 18.7 Å². The number of phenolic OH excluding ortho intramolecular Hbond substituents is 1. The van der Waals surface area contributed by atoms with Crippen molar-refractivity contribution in [3.63, 3.8) is 0 Å². The molecule has 5 nitrogen and oxygen atoms in total. The van der Waals surface area contributed by atoms with Crippen molar-refractivity contribution in [2.24, 2.45) is 11.8 Å². The fraction of sp³-hybridized carbons (Fsp3) is 0.667. The quantitative estimate of drug-likeness (QED) is 0.687. The van der Waals surface area contributed by atoms with Crippen LogP contribution in [0, 0.1) is 22.0 Å². The summed E-state index contributed by atoms with van der Waals surface area (Å²) < 4.78 is 0. The highest BCUT2D eigenvalue weighted by molar-refractivity contribution is 5.55. The lowest BCUT2D eigenvalue weighted by Gasteiger charge is -2.54. The standard InChI is InChI=1S/C18H24N2O3/c1-11-15-7-13-8-16(20(22)23)17(21)9-14(13)18(11,2)5-6-19(15)10-12-3-4-12/h8-9,11-12,15,21H,3-7,10H2,1-2H3/t11?,15-,18-/m1/s1. The molecule has 1 heterocycles. The molecule has 3 aliphatic rings. The van der Waals surface area contributed by atoms with E-state index in [2.05, 4.69) is 18.7 Å². The number of aromatic hydroxyl groups is 1. The van der Waals surface area contributed by atoms with Crippen LogP contribution in [0.15, 0.2) is 12.1 Å². The normalized spacial score (nSPS) is 33.3. The van der Waals surface area contributed by atoms with Gasteiger partial charge in [-0.2, -0.15) is 0 Å². The van der Waals surface area contributed by atoms with Crippen LogP contribution in [0.5, 0.6) is 5.75 Å². The van der Waals surface area contributed by atoms with E-state index in [-0.39, 0.29) is 16.9 Å². The van der Waals surface area contributed by atoms with Crippen molar-refractivity contribution in [3.8, 4) is 5.75 Å². The highest BCUT2D eigenvalue weighted by Gasteiger charge is 2.49. The van der Waals surface area contributed by atoms with Crippen LogP contribution in [-0.4, -0.2) is 34.1 Å². The van der Waals surface area contributed by atoms with Crippen molar-refractivity contribution in [3.05, 3.63) is 33.4 Å². The zero-order chi connectivity index (χ0) is 16.4. The van der Waals surface area contributed by atoms with Gasteiger partial charge in [0.2, 0.25) is 0 Å². The smallest absolute Gasteiger partial charge is 0.310 e. The molecule has 2 bridgehead atoms. The molecule has 2 aliphatic carbocycles. The third kappa shape index (κ3) is 2.24. The van der Waals surface area contributed by atoms with Gasteiger partial charge in [0.25, 0.3) is 0 Å². The molecule has 124 valence electrons. The predicted octanol–water partition coefficient (Wildman–Crippen LogP) is 3.23. The summed E-state index contributed by atoms with van der Waals surface area (Å²) in [6, 6.07) is 3.74. The maximum absolute atomic E-state index is 11.2. The summed E-state index contributed by atoms with van der Waals surface area (Å²) in [5.74, 6) is 1.17. The Morgan fingerprint density at radius 2 is 2.17 bits per heavy atom. The highest BCUT2D eigenvalue weighted by atomic mass is 16.6. The summed E-state index contributed by atoms with van der Waals surface area (Å²) in [5.41, 5.74) is 2.02. The summed E-state index contributed by atoms with van der Waals surface area (Å²) in [4.78, 5) is 13.3. The molecule has 0 aromatic heterocycles. The van der Waals surface area contributed by atoms with E-state index < -0.39 is 4.92 Å². The summed E-state index contributed by atoms with van der Waals surface area (Å²) in [6.45, 7) is 6.85. The number of nitro benzene ring substituents is 1. The highest BCUT2D eigenvalue weighted by Crippen LogP contribution is 2.51. The topological polar surface area (TPSA) is 66.6 Å². The number of hydrogen-bond acceptors (Lipinski definition) is 4. The monoisotopic (exact) mass is 316 g/mol. The third-order valence-electron chi connectivity index (χ3n) is 6.60. The molecule has 0 spiro atoms. The van der Waals surface area contributed by atoms with Crippen LogP contribution in [0.4, 0.5) is 5.69 Å². The molecule has 1 saturated heterocycles. The maximum atomic E-state index is 11.2. The molecule has 4 rings (SSSR count). The van der Waals surface area contributed by atoms with Crippen molar-refractivity contribution in [1.29, 1.82) is 0 Å². The van der Waals surface area contributed by atoms with Crippen LogP contribution in [0.1, 0.15) is 44.2 Å². The first kappa shape index (κ1) is 14.9. The second-order valence-electron chi connectivity index (χ2n) is 7.92. The Labute approximate surface area is 136 Å². The number of likely N-dealkylation sites (tertiary alicyclic amines) is 1. The first-order chi connectivity index (χ1) is 10.9. The Hall–Kier alpha value is -1.62. The SMILES string of the molecule is CC1[C@H]2Cc3cc([N+](=O)[O-])c(O)cc3[C@]1(C)CCN2CC1CC1. The minimum absolute atomic E-state index is 0.00487. The fourth-order valence-electron chi connectivity index (χ4n) is 4.75. The number of nitro groups is 1. The van der Waals surface area contributed by atoms with E-state index in [1.807, 2.05) is 0 Å². The molecular formula is C18H24N2O3. The van der Waals surface area contributed by atoms with E-state index in [4.69, 9.17) is 0 Å². The van der Waals surface area contributed by atoms with Gasteiger partial charge in [-0.3, -0.25) is 15.0 Å². The van der Waals surface area contributed by atoms with Gasteiger partial charge in [-0.25, -0.2) is 0 Å². The zero-order valence-corrected chi connectivity index (χ0v) is 13.8. The Kier molecular flexibility index (Phi) is 3.21. The lowest BCUT2D eigenvalue weighted by molar-refractivity contribution is -0.386. The Bertz CT molecular complexity index is 670. The third-order valence-corrected chi connectivity index (χ3v) is 6.60. The van der Waals surface area contributed by atoms with E-state index >= 15 is 0 Å². The van der Waals surface area contributed by atoms with Gasteiger partial charge in [-0.05, 0) is 66.7 Å². The summed E-state index contributed by atoms with van der Waals surface area (Å²) in [7, 11) is 0.